The van der Waals surface area contributed by atoms with E-state index in [1.54, 1.807) is 12.1 Å². The molecule has 21 heavy (non-hydrogen) atoms. The van der Waals surface area contributed by atoms with Gasteiger partial charge in [0.1, 0.15) is 6.61 Å². The number of hydrogen-bond acceptors (Lipinski definition) is 2. The molecular formula is C16H18Cl2N2O. The smallest absolute Gasteiger partial charge is 0.156 e. The van der Waals surface area contributed by atoms with Crippen molar-refractivity contribution in [2.75, 3.05) is 19.7 Å². The minimum atomic E-state index is 0.402. The van der Waals surface area contributed by atoms with E-state index < -0.39 is 0 Å². The van der Waals surface area contributed by atoms with Crippen molar-refractivity contribution in [3.05, 3.63) is 52.3 Å². The Labute approximate surface area is 135 Å². The van der Waals surface area contributed by atoms with Gasteiger partial charge in [0.25, 0.3) is 0 Å². The van der Waals surface area contributed by atoms with E-state index in [0.29, 0.717) is 28.4 Å². The number of halogens is 2. The fraction of sp³-hybridized carbons (Fsp3) is 0.375. The Morgan fingerprint density at radius 3 is 2.67 bits per heavy atom. The summed E-state index contributed by atoms with van der Waals surface area (Å²) in [4.78, 5) is 2.42. The molecule has 1 unspecified atom stereocenters. The predicted octanol–water partition coefficient (Wildman–Crippen LogP) is 4.25. The van der Waals surface area contributed by atoms with E-state index in [-0.39, 0.29) is 0 Å². The topological polar surface area (TPSA) is 17.4 Å². The first-order chi connectivity index (χ1) is 10.2. The first-order valence-corrected chi connectivity index (χ1v) is 7.88. The fourth-order valence-corrected chi connectivity index (χ4v) is 3.32. The molecule has 0 aliphatic carbocycles. The molecule has 3 nitrogen and oxygen atoms in total. The van der Waals surface area contributed by atoms with Crippen molar-refractivity contribution in [3.8, 4) is 5.75 Å². The summed E-state index contributed by atoms with van der Waals surface area (Å²) in [6.45, 7) is 5.72. The normalized spacial score (nSPS) is 18.5. The zero-order valence-electron chi connectivity index (χ0n) is 11.9. The van der Waals surface area contributed by atoms with Crippen LogP contribution in [-0.2, 0) is 6.54 Å². The second-order valence-electron chi connectivity index (χ2n) is 5.24. The number of aromatic nitrogens is 1. The fourth-order valence-electron chi connectivity index (χ4n) is 2.82. The van der Waals surface area contributed by atoms with E-state index in [9.17, 15) is 0 Å². The highest BCUT2D eigenvalue weighted by atomic mass is 35.5. The molecule has 3 rings (SSSR count). The van der Waals surface area contributed by atoms with Crippen molar-refractivity contribution in [2.45, 2.75) is 19.5 Å². The van der Waals surface area contributed by atoms with Crippen molar-refractivity contribution in [1.82, 2.24) is 9.47 Å². The Hall–Kier alpha value is -1.16. The lowest BCUT2D eigenvalue weighted by Crippen LogP contribution is -2.38. The van der Waals surface area contributed by atoms with Gasteiger partial charge in [0.15, 0.2) is 5.75 Å². The molecule has 5 heteroatoms. The van der Waals surface area contributed by atoms with Crippen molar-refractivity contribution in [1.29, 1.82) is 0 Å². The van der Waals surface area contributed by atoms with Crippen LogP contribution in [0.1, 0.15) is 18.7 Å². The van der Waals surface area contributed by atoms with Crippen molar-refractivity contribution < 1.29 is 4.74 Å². The van der Waals surface area contributed by atoms with Gasteiger partial charge in [0.05, 0.1) is 10.0 Å². The van der Waals surface area contributed by atoms with Crippen LogP contribution in [-0.4, -0.2) is 29.2 Å². The summed E-state index contributed by atoms with van der Waals surface area (Å²) in [7, 11) is 0. The number of rotatable bonds is 4. The van der Waals surface area contributed by atoms with Crippen molar-refractivity contribution in [2.24, 2.45) is 0 Å². The van der Waals surface area contributed by atoms with E-state index in [1.807, 2.05) is 6.07 Å². The van der Waals surface area contributed by atoms with Gasteiger partial charge in [-0.15, -0.1) is 0 Å². The maximum atomic E-state index is 6.11. The molecule has 1 aliphatic rings. The molecule has 2 heterocycles. The Morgan fingerprint density at radius 1 is 1.14 bits per heavy atom. The monoisotopic (exact) mass is 324 g/mol. The van der Waals surface area contributed by atoms with E-state index in [1.165, 1.54) is 5.69 Å². The molecule has 1 aromatic carbocycles. The lowest BCUT2D eigenvalue weighted by molar-refractivity contribution is 0.139. The van der Waals surface area contributed by atoms with Crippen LogP contribution in [0.25, 0.3) is 0 Å². The zero-order chi connectivity index (χ0) is 14.8. The number of para-hydroxylation sites is 1. The molecule has 0 N–H and O–H groups in total. The summed E-state index contributed by atoms with van der Waals surface area (Å²) in [5, 5.41) is 1.12. The molecular weight excluding hydrogens is 307 g/mol. The summed E-state index contributed by atoms with van der Waals surface area (Å²) in [5.41, 5.74) is 1.36. The highest BCUT2D eigenvalue weighted by Crippen LogP contribution is 2.32. The van der Waals surface area contributed by atoms with Gasteiger partial charge >= 0.3 is 0 Å². The summed E-state index contributed by atoms with van der Waals surface area (Å²) in [5.74, 6) is 0.578. The van der Waals surface area contributed by atoms with Gasteiger partial charge in [-0.2, -0.15) is 0 Å². The first kappa shape index (κ1) is 14.8. The molecule has 0 saturated heterocycles. The number of hydrogen-bond donors (Lipinski definition) is 0. The lowest BCUT2D eigenvalue weighted by atomic mass is 10.1. The third kappa shape index (κ3) is 3.05. The Bertz CT molecular complexity index is 606. The SMILES string of the molecule is CC1c2cccn2CCN1CCOc1c(Cl)cccc1Cl. The summed E-state index contributed by atoms with van der Waals surface area (Å²) < 4.78 is 8.09. The summed E-state index contributed by atoms with van der Waals surface area (Å²) in [6, 6.07) is 10.1. The predicted molar refractivity (Wildman–Crippen MR) is 86.4 cm³/mol. The van der Waals surface area contributed by atoms with Crippen molar-refractivity contribution in [3.63, 3.8) is 0 Å². The third-order valence-electron chi connectivity index (χ3n) is 4.01. The Balaban J connectivity index is 1.59. The average molecular weight is 325 g/mol. The maximum Gasteiger partial charge on any atom is 0.156 e. The Morgan fingerprint density at radius 2 is 1.90 bits per heavy atom. The van der Waals surface area contributed by atoms with Gasteiger partial charge in [0.2, 0.25) is 0 Å². The Kier molecular flexibility index (Phi) is 4.43. The van der Waals surface area contributed by atoms with Crippen LogP contribution < -0.4 is 4.74 Å². The average Bonchev–Trinajstić information content (AvgIpc) is 2.93. The maximum absolute atomic E-state index is 6.11. The molecule has 1 atom stereocenters. The molecule has 1 aliphatic heterocycles. The molecule has 0 fully saturated rings. The number of fused-ring (bicyclic) bond motifs is 1. The van der Waals surface area contributed by atoms with E-state index in [4.69, 9.17) is 27.9 Å². The largest absolute Gasteiger partial charge is 0.489 e. The summed E-state index contributed by atoms with van der Waals surface area (Å²) >= 11 is 12.2. The lowest BCUT2D eigenvalue weighted by Gasteiger charge is -2.34. The minimum absolute atomic E-state index is 0.402. The van der Waals surface area contributed by atoms with E-state index in [0.717, 1.165) is 19.6 Å². The van der Waals surface area contributed by atoms with Gasteiger partial charge in [-0.05, 0) is 31.2 Å². The minimum Gasteiger partial charge on any atom is -0.489 e. The van der Waals surface area contributed by atoms with Crippen LogP contribution in [0, 0.1) is 0 Å². The second-order valence-corrected chi connectivity index (χ2v) is 6.05. The highest BCUT2D eigenvalue weighted by Gasteiger charge is 2.23. The van der Waals surface area contributed by atoms with Crippen molar-refractivity contribution >= 4 is 23.2 Å². The highest BCUT2D eigenvalue weighted by molar-refractivity contribution is 6.37. The van der Waals surface area contributed by atoms with Crippen LogP contribution in [0.4, 0.5) is 0 Å². The van der Waals surface area contributed by atoms with Crippen LogP contribution in [0.3, 0.4) is 0 Å². The van der Waals surface area contributed by atoms with Crippen LogP contribution in [0.2, 0.25) is 10.0 Å². The molecule has 2 aromatic rings. The standard InChI is InChI=1S/C16H18Cl2N2O/c1-12-15-6-3-7-20(15)9-8-19(12)10-11-21-16-13(17)4-2-5-14(16)18/h2-7,12H,8-11H2,1H3. The molecule has 0 saturated carbocycles. The zero-order valence-corrected chi connectivity index (χ0v) is 13.4. The first-order valence-electron chi connectivity index (χ1n) is 7.12. The second kappa shape index (κ2) is 6.30. The van der Waals surface area contributed by atoms with E-state index in [2.05, 4.69) is 34.7 Å². The van der Waals surface area contributed by atoms with E-state index >= 15 is 0 Å². The number of nitrogens with zero attached hydrogens (tertiary/aromatic N) is 2. The third-order valence-corrected chi connectivity index (χ3v) is 4.61. The number of ether oxygens (including phenoxy) is 1. The van der Waals surface area contributed by atoms with Crippen LogP contribution in [0.15, 0.2) is 36.5 Å². The summed E-state index contributed by atoms with van der Waals surface area (Å²) in [6.07, 6.45) is 2.14. The van der Waals surface area contributed by atoms with Gasteiger partial charge in [-0.25, -0.2) is 0 Å². The van der Waals surface area contributed by atoms with Crippen LogP contribution >= 0.6 is 23.2 Å². The number of benzene rings is 1. The molecule has 0 spiro atoms. The molecule has 0 bridgehead atoms. The molecule has 0 amide bonds. The molecule has 0 radical (unpaired) electrons. The van der Waals surface area contributed by atoms with Gasteiger partial charge in [-0.1, -0.05) is 29.3 Å². The van der Waals surface area contributed by atoms with Gasteiger partial charge in [0, 0.05) is 37.6 Å². The molecule has 112 valence electrons. The molecule has 1 aromatic heterocycles. The van der Waals surface area contributed by atoms with Gasteiger partial charge in [-0.3, -0.25) is 4.90 Å². The van der Waals surface area contributed by atoms with Gasteiger partial charge < -0.3 is 9.30 Å². The van der Waals surface area contributed by atoms with Crippen LogP contribution in [0.5, 0.6) is 5.75 Å². The quantitative estimate of drug-likeness (QED) is 0.836.